The first-order chi connectivity index (χ1) is 10.0. The number of fused-ring (bicyclic) bond motifs is 1. The molecule has 1 atom stereocenters. The molecular weight excluding hydrogens is 269 g/mol. The van der Waals surface area contributed by atoms with Crippen molar-refractivity contribution in [3.05, 3.63) is 65.0 Å². The predicted octanol–water partition coefficient (Wildman–Crippen LogP) is 3.50. The molecule has 108 valence electrons. The van der Waals surface area contributed by atoms with Crippen LogP contribution in [0.15, 0.2) is 42.5 Å². The van der Waals surface area contributed by atoms with Gasteiger partial charge in [-0.05, 0) is 36.8 Å². The number of carbonyl (C=O) groups is 1. The summed E-state index contributed by atoms with van der Waals surface area (Å²) in [5.41, 5.74) is 2.54. The molecule has 3 nitrogen and oxygen atoms in total. The third-order valence-corrected chi connectivity index (χ3v) is 3.95. The number of hydrogen-bond donors (Lipinski definition) is 1. The van der Waals surface area contributed by atoms with E-state index in [4.69, 9.17) is 4.74 Å². The van der Waals surface area contributed by atoms with E-state index in [1.807, 2.05) is 19.1 Å². The van der Waals surface area contributed by atoms with E-state index in [1.54, 1.807) is 24.3 Å². The molecule has 3 rings (SSSR count). The van der Waals surface area contributed by atoms with E-state index >= 15 is 0 Å². The van der Waals surface area contributed by atoms with Crippen LogP contribution in [0, 0.1) is 5.82 Å². The summed E-state index contributed by atoms with van der Waals surface area (Å²) in [4.78, 5) is 11.6. The van der Waals surface area contributed by atoms with E-state index < -0.39 is 5.54 Å². The van der Waals surface area contributed by atoms with Crippen LogP contribution in [0.3, 0.4) is 0 Å². The van der Waals surface area contributed by atoms with Crippen molar-refractivity contribution in [2.45, 2.75) is 18.9 Å². The summed E-state index contributed by atoms with van der Waals surface area (Å²) < 4.78 is 18.8. The Morgan fingerprint density at radius 1 is 1.29 bits per heavy atom. The average Bonchev–Trinajstić information content (AvgIpc) is 2.83. The van der Waals surface area contributed by atoms with Crippen LogP contribution in [0.1, 0.15) is 28.4 Å². The minimum absolute atomic E-state index is 0.228. The lowest BCUT2D eigenvalue weighted by Gasteiger charge is -2.26. The summed E-state index contributed by atoms with van der Waals surface area (Å²) in [6.07, 6.45) is 0.619. The summed E-state index contributed by atoms with van der Waals surface area (Å²) in [7, 11) is 1.36. The zero-order valence-electron chi connectivity index (χ0n) is 11.9. The molecule has 2 aromatic carbocycles. The predicted molar refractivity (Wildman–Crippen MR) is 78.9 cm³/mol. The van der Waals surface area contributed by atoms with Gasteiger partial charge >= 0.3 is 5.97 Å². The van der Waals surface area contributed by atoms with Gasteiger partial charge in [-0.2, -0.15) is 0 Å². The minimum Gasteiger partial charge on any atom is -0.465 e. The molecule has 0 saturated carbocycles. The number of rotatable bonds is 2. The molecule has 1 aliphatic heterocycles. The van der Waals surface area contributed by atoms with E-state index in [1.165, 1.54) is 13.2 Å². The zero-order valence-corrected chi connectivity index (χ0v) is 11.9. The number of carbonyl (C=O) groups excluding carboxylic acids is 1. The van der Waals surface area contributed by atoms with Gasteiger partial charge in [0.1, 0.15) is 5.82 Å². The molecule has 0 bridgehead atoms. The van der Waals surface area contributed by atoms with Crippen molar-refractivity contribution in [2.75, 3.05) is 12.4 Å². The molecule has 0 fully saturated rings. The van der Waals surface area contributed by atoms with Crippen molar-refractivity contribution >= 4 is 11.7 Å². The average molecular weight is 285 g/mol. The Morgan fingerprint density at radius 3 is 2.76 bits per heavy atom. The maximum atomic E-state index is 14.1. The number of anilines is 1. The molecule has 2 aromatic rings. The van der Waals surface area contributed by atoms with Crippen molar-refractivity contribution in [1.29, 1.82) is 0 Å². The molecule has 0 saturated heterocycles. The molecule has 0 spiro atoms. The molecule has 1 aliphatic rings. The van der Waals surface area contributed by atoms with Crippen LogP contribution in [0.25, 0.3) is 0 Å². The topological polar surface area (TPSA) is 38.3 Å². The van der Waals surface area contributed by atoms with Crippen molar-refractivity contribution < 1.29 is 13.9 Å². The lowest BCUT2D eigenvalue weighted by molar-refractivity contribution is 0.0600. The molecule has 0 aliphatic carbocycles. The van der Waals surface area contributed by atoms with Gasteiger partial charge in [-0.15, -0.1) is 0 Å². The van der Waals surface area contributed by atoms with E-state index in [0.717, 1.165) is 11.3 Å². The summed E-state index contributed by atoms with van der Waals surface area (Å²) in [6.45, 7) is 1.96. The van der Waals surface area contributed by atoms with Crippen molar-refractivity contribution in [3.8, 4) is 0 Å². The van der Waals surface area contributed by atoms with Crippen molar-refractivity contribution in [2.24, 2.45) is 0 Å². The van der Waals surface area contributed by atoms with Crippen LogP contribution >= 0.6 is 0 Å². The van der Waals surface area contributed by atoms with E-state index in [0.29, 0.717) is 17.5 Å². The molecule has 0 unspecified atom stereocenters. The number of hydrogen-bond acceptors (Lipinski definition) is 3. The van der Waals surface area contributed by atoms with Gasteiger partial charge in [0.25, 0.3) is 0 Å². The third-order valence-electron chi connectivity index (χ3n) is 3.95. The molecule has 1 heterocycles. The number of halogens is 1. The van der Waals surface area contributed by atoms with Crippen molar-refractivity contribution in [1.82, 2.24) is 0 Å². The number of ether oxygens (including phenoxy) is 1. The second-order valence-corrected chi connectivity index (χ2v) is 5.48. The molecular formula is C17H16FNO2. The lowest BCUT2D eigenvalue weighted by Crippen LogP contribution is -2.30. The number of methoxy groups -OCH3 is 1. The fourth-order valence-electron chi connectivity index (χ4n) is 2.90. The molecule has 0 amide bonds. The Kier molecular flexibility index (Phi) is 3.16. The summed E-state index contributed by atoms with van der Waals surface area (Å²) >= 11 is 0. The highest BCUT2D eigenvalue weighted by Gasteiger charge is 2.36. The monoisotopic (exact) mass is 285 g/mol. The fourth-order valence-corrected chi connectivity index (χ4v) is 2.90. The number of benzene rings is 2. The smallest absolute Gasteiger partial charge is 0.337 e. The standard InChI is InChI=1S/C17H16FNO2/c1-17(13-5-3-4-6-14(13)18)10-12-9-11(16(20)21-2)7-8-15(12)19-17/h3-9,19H,10H2,1-2H3/t17-/m1/s1. The van der Waals surface area contributed by atoms with E-state index in [2.05, 4.69) is 5.32 Å². The van der Waals surface area contributed by atoms with Crippen LogP contribution in [-0.2, 0) is 16.7 Å². The molecule has 21 heavy (non-hydrogen) atoms. The fraction of sp³-hybridized carbons (Fsp3) is 0.235. The number of esters is 1. The van der Waals surface area contributed by atoms with Gasteiger partial charge in [0.2, 0.25) is 0 Å². The van der Waals surface area contributed by atoms with Crippen molar-refractivity contribution in [3.63, 3.8) is 0 Å². The Balaban J connectivity index is 1.97. The molecule has 0 aromatic heterocycles. The van der Waals surface area contributed by atoms with Crippen LogP contribution < -0.4 is 5.32 Å². The first kappa shape index (κ1) is 13.6. The van der Waals surface area contributed by atoms with Gasteiger partial charge in [-0.25, -0.2) is 9.18 Å². The Hall–Kier alpha value is -2.36. The summed E-state index contributed by atoms with van der Waals surface area (Å²) in [5, 5.41) is 3.36. The first-order valence-corrected chi connectivity index (χ1v) is 6.78. The highest BCUT2D eigenvalue weighted by molar-refractivity contribution is 5.90. The lowest BCUT2D eigenvalue weighted by atomic mass is 9.88. The second kappa shape index (κ2) is 4.88. The highest BCUT2D eigenvalue weighted by atomic mass is 19.1. The first-order valence-electron chi connectivity index (χ1n) is 6.78. The third kappa shape index (κ3) is 2.27. The van der Waals surface area contributed by atoms with Gasteiger partial charge in [-0.3, -0.25) is 0 Å². The van der Waals surface area contributed by atoms with Gasteiger partial charge in [0.05, 0.1) is 18.2 Å². The minimum atomic E-state index is -0.511. The highest BCUT2D eigenvalue weighted by Crippen LogP contribution is 2.40. The Bertz CT molecular complexity index is 714. The number of nitrogens with one attached hydrogen (secondary N) is 1. The molecule has 4 heteroatoms. The maximum Gasteiger partial charge on any atom is 0.337 e. The maximum absolute atomic E-state index is 14.1. The van der Waals surface area contributed by atoms with Gasteiger partial charge in [0.15, 0.2) is 0 Å². The van der Waals surface area contributed by atoms with Crippen LogP contribution in [0.2, 0.25) is 0 Å². The normalized spacial score (nSPS) is 19.8. The van der Waals surface area contributed by atoms with E-state index in [-0.39, 0.29) is 11.8 Å². The quantitative estimate of drug-likeness (QED) is 0.858. The SMILES string of the molecule is COC(=O)c1ccc2c(c1)C[C@](C)(c1ccccc1F)N2. The van der Waals surface area contributed by atoms with Gasteiger partial charge in [-0.1, -0.05) is 18.2 Å². The molecule has 1 N–H and O–H groups in total. The Labute approximate surface area is 122 Å². The van der Waals surface area contributed by atoms with Crippen LogP contribution in [0.4, 0.5) is 10.1 Å². The van der Waals surface area contributed by atoms with Crippen LogP contribution in [-0.4, -0.2) is 13.1 Å². The van der Waals surface area contributed by atoms with Crippen LogP contribution in [0.5, 0.6) is 0 Å². The summed E-state index contributed by atoms with van der Waals surface area (Å²) in [5.74, 6) is -0.592. The largest absolute Gasteiger partial charge is 0.465 e. The Morgan fingerprint density at radius 2 is 2.05 bits per heavy atom. The van der Waals surface area contributed by atoms with Gasteiger partial charge in [0, 0.05) is 17.7 Å². The van der Waals surface area contributed by atoms with E-state index in [9.17, 15) is 9.18 Å². The second-order valence-electron chi connectivity index (χ2n) is 5.48. The zero-order chi connectivity index (χ0) is 15.0. The van der Waals surface area contributed by atoms with Gasteiger partial charge < -0.3 is 10.1 Å². The molecule has 0 radical (unpaired) electrons. The summed E-state index contributed by atoms with van der Waals surface area (Å²) in [6, 6.07) is 12.1.